The summed E-state index contributed by atoms with van der Waals surface area (Å²) >= 11 is 0. The number of hydrogen-bond donors (Lipinski definition) is 1. The average molecular weight is 347 g/mol. The van der Waals surface area contributed by atoms with Crippen molar-refractivity contribution in [3.05, 3.63) is 48.8 Å². The smallest absolute Gasteiger partial charge is 0.132 e. The molecular weight excluding hydrogens is 326 g/mol. The topological polar surface area (TPSA) is 53.3 Å². The summed E-state index contributed by atoms with van der Waals surface area (Å²) in [5.74, 6) is 0.823. The van der Waals surface area contributed by atoms with E-state index in [-0.39, 0.29) is 0 Å². The normalized spacial score (nSPS) is 16.3. The highest BCUT2D eigenvalue weighted by atomic mass is 16.7. The minimum Gasteiger partial charge on any atom is -0.340 e. The van der Waals surface area contributed by atoms with Crippen LogP contribution in [0.1, 0.15) is 25.7 Å². The van der Waals surface area contributed by atoms with Crippen LogP contribution < -0.4 is 10.3 Å². The molecule has 26 heavy (non-hydrogen) atoms. The van der Waals surface area contributed by atoms with Crippen molar-refractivity contribution in [2.45, 2.75) is 31.8 Å². The van der Waals surface area contributed by atoms with Gasteiger partial charge in [0.2, 0.25) is 0 Å². The second-order valence-corrected chi connectivity index (χ2v) is 6.88. The predicted molar refractivity (Wildman–Crippen MR) is 103 cm³/mol. The first kappa shape index (κ1) is 15.5. The fourth-order valence-corrected chi connectivity index (χ4v) is 3.66. The molecule has 0 unspecified atom stereocenters. The fourth-order valence-electron chi connectivity index (χ4n) is 3.66. The number of pyridine rings is 2. The molecule has 0 bridgehead atoms. The summed E-state index contributed by atoms with van der Waals surface area (Å²) in [6, 6.07) is 12.2. The van der Waals surface area contributed by atoms with Crippen molar-refractivity contribution in [1.29, 1.82) is 0 Å². The molecule has 0 atom stereocenters. The second kappa shape index (κ2) is 6.23. The molecule has 1 aliphatic carbocycles. The molecule has 3 heterocycles. The quantitative estimate of drug-likeness (QED) is 0.540. The highest BCUT2D eigenvalue weighted by Gasteiger charge is 2.36. The summed E-state index contributed by atoms with van der Waals surface area (Å²) in [6.07, 6.45) is 8.86. The van der Waals surface area contributed by atoms with Crippen LogP contribution in [0.15, 0.2) is 48.8 Å². The number of hydrazine groups is 1. The average Bonchev–Trinajstić information content (AvgIpc) is 3.15. The molecule has 1 aliphatic heterocycles. The number of anilines is 4. The van der Waals surface area contributed by atoms with Crippen LogP contribution in [-0.2, 0) is 4.84 Å². The van der Waals surface area contributed by atoms with Gasteiger partial charge in [-0.2, -0.15) is 0 Å². The lowest BCUT2D eigenvalue weighted by molar-refractivity contribution is -0.174. The number of rotatable bonds is 5. The number of nitrogens with one attached hydrogen (secondary N) is 1. The summed E-state index contributed by atoms with van der Waals surface area (Å²) in [5.41, 5.74) is 4.22. The summed E-state index contributed by atoms with van der Waals surface area (Å²) in [5, 5.41) is 8.38. The molecule has 1 aromatic carbocycles. The van der Waals surface area contributed by atoms with E-state index in [9.17, 15) is 0 Å². The SMILES string of the molecule is CN(OC1CCCC1)N1c2cnc(Nc3ccc4ncccc4c3)cc21. The van der Waals surface area contributed by atoms with Crippen molar-refractivity contribution in [3.63, 3.8) is 0 Å². The molecular formula is C20H21N5O. The maximum absolute atomic E-state index is 6.03. The number of aromatic nitrogens is 2. The molecule has 5 rings (SSSR count). The van der Waals surface area contributed by atoms with Crippen LogP contribution >= 0.6 is 0 Å². The maximum Gasteiger partial charge on any atom is 0.132 e. The van der Waals surface area contributed by atoms with Gasteiger partial charge in [-0.25, -0.2) is 9.99 Å². The first-order valence-electron chi connectivity index (χ1n) is 9.10. The van der Waals surface area contributed by atoms with Gasteiger partial charge >= 0.3 is 0 Å². The van der Waals surface area contributed by atoms with E-state index in [1.807, 2.05) is 42.8 Å². The van der Waals surface area contributed by atoms with E-state index in [2.05, 4.69) is 38.5 Å². The van der Waals surface area contributed by atoms with Crippen LogP contribution in [0.3, 0.4) is 0 Å². The van der Waals surface area contributed by atoms with Crippen LogP contribution in [-0.4, -0.2) is 28.3 Å². The standard InChI is InChI=1S/C20H21N5O/c1-24(26-16-6-2-3-7-16)25-18-12-20(22-13-19(18)25)23-15-8-9-17-14(11-15)5-4-10-21-17/h4-5,8-13,16H,2-3,6-7H2,1H3,(H,22,23). The zero-order chi connectivity index (χ0) is 17.5. The van der Waals surface area contributed by atoms with E-state index in [0.29, 0.717) is 6.10 Å². The summed E-state index contributed by atoms with van der Waals surface area (Å²) in [7, 11) is 1.96. The Labute approximate surface area is 152 Å². The van der Waals surface area contributed by atoms with Crippen molar-refractivity contribution in [1.82, 2.24) is 15.1 Å². The molecule has 1 fully saturated rings. The Morgan fingerprint density at radius 1 is 1.12 bits per heavy atom. The molecule has 2 aliphatic rings. The van der Waals surface area contributed by atoms with Crippen LogP contribution in [0.4, 0.5) is 22.9 Å². The molecule has 0 saturated heterocycles. The Bertz CT molecular complexity index is 954. The zero-order valence-electron chi connectivity index (χ0n) is 14.7. The maximum atomic E-state index is 6.03. The lowest BCUT2D eigenvalue weighted by atomic mass is 10.2. The molecule has 2 aromatic heterocycles. The van der Waals surface area contributed by atoms with E-state index in [1.165, 1.54) is 12.8 Å². The lowest BCUT2D eigenvalue weighted by Gasteiger charge is -2.22. The fraction of sp³-hybridized carbons (Fsp3) is 0.300. The Morgan fingerprint density at radius 2 is 2.00 bits per heavy atom. The highest BCUT2D eigenvalue weighted by Crippen LogP contribution is 2.49. The van der Waals surface area contributed by atoms with Gasteiger partial charge < -0.3 is 5.32 Å². The molecule has 132 valence electrons. The number of hydrogen-bond acceptors (Lipinski definition) is 6. The third kappa shape index (κ3) is 2.87. The van der Waals surface area contributed by atoms with Gasteiger partial charge in [-0.1, -0.05) is 24.1 Å². The van der Waals surface area contributed by atoms with Gasteiger partial charge in [-0.15, -0.1) is 0 Å². The van der Waals surface area contributed by atoms with Crippen molar-refractivity contribution >= 4 is 33.8 Å². The van der Waals surface area contributed by atoms with Crippen LogP contribution in [0.2, 0.25) is 0 Å². The highest BCUT2D eigenvalue weighted by molar-refractivity contribution is 5.93. The van der Waals surface area contributed by atoms with Crippen LogP contribution in [0.25, 0.3) is 10.9 Å². The van der Waals surface area contributed by atoms with Gasteiger partial charge in [0.15, 0.2) is 0 Å². The largest absolute Gasteiger partial charge is 0.340 e. The zero-order valence-corrected chi connectivity index (χ0v) is 14.7. The molecule has 0 amide bonds. The van der Waals surface area contributed by atoms with Gasteiger partial charge in [0.25, 0.3) is 0 Å². The van der Waals surface area contributed by atoms with E-state index in [4.69, 9.17) is 4.84 Å². The number of hydroxylamine groups is 1. The molecule has 0 radical (unpaired) electrons. The number of nitrogens with zero attached hydrogens (tertiary/aromatic N) is 4. The Balaban J connectivity index is 1.29. The summed E-state index contributed by atoms with van der Waals surface area (Å²) in [4.78, 5) is 14.9. The first-order chi connectivity index (χ1) is 12.8. The number of fused-ring (bicyclic) bond motifs is 2. The molecule has 6 heteroatoms. The molecule has 1 N–H and O–H groups in total. The van der Waals surface area contributed by atoms with Gasteiger partial charge in [-0.05, 0) is 37.1 Å². The predicted octanol–water partition coefficient (Wildman–Crippen LogP) is 4.55. The third-order valence-corrected chi connectivity index (χ3v) is 5.03. The number of benzene rings is 1. The molecule has 0 spiro atoms. The Morgan fingerprint density at radius 3 is 2.88 bits per heavy atom. The van der Waals surface area contributed by atoms with Crippen molar-refractivity contribution in [2.75, 3.05) is 17.4 Å². The van der Waals surface area contributed by atoms with E-state index < -0.39 is 0 Å². The Hall–Kier alpha value is -2.70. The third-order valence-electron chi connectivity index (χ3n) is 5.03. The van der Waals surface area contributed by atoms with Crippen molar-refractivity contribution in [3.8, 4) is 0 Å². The molecule has 3 aromatic rings. The second-order valence-electron chi connectivity index (χ2n) is 6.88. The van der Waals surface area contributed by atoms with Gasteiger partial charge in [0.05, 0.1) is 23.5 Å². The van der Waals surface area contributed by atoms with Crippen molar-refractivity contribution < 1.29 is 4.84 Å². The van der Waals surface area contributed by atoms with Crippen LogP contribution in [0.5, 0.6) is 0 Å². The lowest BCUT2D eigenvalue weighted by Crippen LogP contribution is -2.31. The summed E-state index contributed by atoms with van der Waals surface area (Å²) in [6.45, 7) is 0. The van der Waals surface area contributed by atoms with Gasteiger partial charge in [-0.3, -0.25) is 9.82 Å². The molecule has 1 saturated carbocycles. The van der Waals surface area contributed by atoms with Gasteiger partial charge in [0, 0.05) is 30.4 Å². The van der Waals surface area contributed by atoms with Crippen molar-refractivity contribution in [2.24, 2.45) is 0 Å². The Kier molecular flexibility index (Phi) is 3.72. The van der Waals surface area contributed by atoms with E-state index in [1.54, 1.807) is 0 Å². The van der Waals surface area contributed by atoms with E-state index >= 15 is 0 Å². The van der Waals surface area contributed by atoms with Crippen LogP contribution in [0, 0.1) is 0 Å². The molecule has 6 nitrogen and oxygen atoms in total. The minimum absolute atomic E-state index is 0.341. The first-order valence-corrected chi connectivity index (χ1v) is 9.10. The summed E-state index contributed by atoms with van der Waals surface area (Å²) < 4.78 is 0. The monoisotopic (exact) mass is 347 g/mol. The minimum atomic E-state index is 0.341. The van der Waals surface area contributed by atoms with E-state index in [0.717, 1.165) is 46.6 Å². The van der Waals surface area contributed by atoms with Gasteiger partial charge in [0.1, 0.15) is 11.5 Å².